The van der Waals surface area contributed by atoms with Gasteiger partial charge in [0, 0.05) is 28.7 Å². The van der Waals surface area contributed by atoms with Crippen LogP contribution in [0.3, 0.4) is 0 Å². The predicted molar refractivity (Wildman–Crippen MR) is 105 cm³/mol. The Kier molecular flexibility index (Phi) is 4.74. The van der Waals surface area contributed by atoms with Crippen LogP contribution >= 0.6 is 11.8 Å². The lowest BCUT2D eigenvalue weighted by Gasteiger charge is -2.04. The maximum atomic E-state index is 11.3. The number of fused-ring (bicyclic) bond motifs is 1. The molecular weight excluding hydrogens is 374 g/mol. The molecule has 0 fully saturated rings. The van der Waals surface area contributed by atoms with Gasteiger partial charge in [0.2, 0.25) is 0 Å². The number of hydrogen-bond donors (Lipinski definition) is 0. The Balaban J connectivity index is 1.81. The van der Waals surface area contributed by atoms with E-state index in [2.05, 4.69) is 16.0 Å². The van der Waals surface area contributed by atoms with Crippen molar-refractivity contribution in [3.63, 3.8) is 0 Å². The number of hydrogen-bond acceptors (Lipinski definition) is 6. The van der Waals surface area contributed by atoms with E-state index in [0.717, 1.165) is 21.5 Å². The Morgan fingerprint density at radius 1 is 1.18 bits per heavy atom. The molecule has 0 aliphatic carbocycles. The van der Waals surface area contributed by atoms with E-state index in [4.69, 9.17) is 0 Å². The summed E-state index contributed by atoms with van der Waals surface area (Å²) in [6, 6.07) is 16.1. The molecule has 4 aromatic rings. The largest absolute Gasteiger partial charge is 0.340 e. The second-order valence-electron chi connectivity index (χ2n) is 5.99. The minimum Gasteiger partial charge on any atom is -0.340 e. The Bertz CT molecular complexity index is 1210. The highest BCUT2D eigenvalue weighted by Crippen LogP contribution is 2.39. The molecule has 0 N–H and O–H groups in total. The molecule has 2 aromatic carbocycles. The Labute approximate surface area is 164 Å². The minimum atomic E-state index is -0.379. The van der Waals surface area contributed by atoms with Crippen molar-refractivity contribution in [3.8, 4) is 6.07 Å². The Morgan fingerprint density at radius 2 is 2.04 bits per heavy atom. The summed E-state index contributed by atoms with van der Waals surface area (Å²) in [7, 11) is 0. The van der Waals surface area contributed by atoms with Gasteiger partial charge in [-0.3, -0.25) is 10.1 Å². The van der Waals surface area contributed by atoms with Crippen molar-refractivity contribution >= 4 is 28.4 Å². The molecule has 0 bridgehead atoms. The lowest BCUT2D eigenvalue weighted by atomic mass is 10.2. The molecule has 8 heteroatoms. The van der Waals surface area contributed by atoms with Crippen molar-refractivity contribution in [1.82, 2.24) is 14.5 Å². The number of rotatable bonds is 5. The third kappa shape index (κ3) is 3.43. The molecule has 7 nitrogen and oxygen atoms in total. The topological polar surface area (TPSA) is 97.6 Å². The first-order chi connectivity index (χ1) is 13.7. The molecule has 0 unspecified atom stereocenters. The van der Waals surface area contributed by atoms with Crippen LogP contribution in [0.1, 0.15) is 11.3 Å². The second-order valence-corrected chi connectivity index (χ2v) is 7.08. The van der Waals surface area contributed by atoms with Gasteiger partial charge < -0.3 is 4.57 Å². The number of nitro groups is 1. The number of aromatic nitrogens is 3. The van der Waals surface area contributed by atoms with Gasteiger partial charge in [-0.05, 0) is 24.3 Å². The molecule has 0 saturated carbocycles. The summed E-state index contributed by atoms with van der Waals surface area (Å²) in [5.41, 5.74) is 2.32. The number of para-hydroxylation sites is 1. The fourth-order valence-corrected chi connectivity index (χ4v) is 4.03. The summed E-state index contributed by atoms with van der Waals surface area (Å²) in [5, 5.41) is 21.5. The molecule has 0 aliphatic rings. The van der Waals surface area contributed by atoms with E-state index in [9.17, 15) is 15.4 Å². The molecule has 0 aliphatic heterocycles. The van der Waals surface area contributed by atoms with Gasteiger partial charge in [-0.15, -0.1) is 0 Å². The SMILES string of the molecule is N#Cc1ccc2c(Sc3ccccc3[N+](=O)[O-])cn(Cc3ccncn3)c2c1. The molecule has 0 spiro atoms. The van der Waals surface area contributed by atoms with Crippen molar-refractivity contribution in [1.29, 1.82) is 5.26 Å². The van der Waals surface area contributed by atoms with Gasteiger partial charge in [-0.1, -0.05) is 30.0 Å². The Hall–Kier alpha value is -3.70. The van der Waals surface area contributed by atoms with E-state index in [1.807, 2.05) is 29.0 Å². The monoisotopic (exact) mass is 387 g/mol. The van der Waals surface area contributed by atoms with E-state index in [1.165, 1.54) is 24.2 Å². The van der Waals surface area contributed by atoms with Gasteiger partial charge in [-0.25, -0.2) is 9.97 Å². The molecule has 4 rings (SSSR count). The lowest BCUT2D eigenvalue weighted by molar-refractivity contribution is -0.387. The summed E-state index contributed by atoms with van der Waals surface area (Å²) >= 11 is 1.34. The highest BCUT2D eigenvalue weighted by molar-refractivity contribution is 7.99. The molecule has 2 heterocycles. The van der Waals surface area contributed by atoms with Gasteiger partial charge in [0.1, 0.15) is 6.33 Å². The Morgan fingerprint density at radius 3 is 2.79 bits per heavy atom. The van der Waals surface area contributed by atoms with Crippen molar-refractivity contribution in [2.24, 2.45) is 0 Å². The summed E-state index contributed by atoms with van der Waals surface area (Å²) in [6.07, 6.45) is 5.11. The zero-order valence-corrected chi connectivity index (χ0v) is 15.3. The second kappa shape index (κ2) is 7.50. The summed E-state index contributed by atoms with van der Waals surface area (Å²) < 4.78 is 2.00. The van der Waals surface area contributed by atoms with Gasteiger partial charge in [0.05, 0.1) is 39.2 Å². The molecule has 136 valence electrons. The smallest absolute Gasteiger partial charge is 0.283 e. The van der Waals surface area contributed by atoms with Crippen molar-refractivity contribution in [3.05, 3.63) is 88.6 Å². The molecule has 2 aromatic heterocycles. The van der Waals surface area contributed by atoms with E-state index in [0.29, 0.717) is 17.0 Å². The van der Waals surface area contributed by atoms with Crippen LogP contribution in [-0.2, 0) is 6.54 Å². The van der Waals surface area contributed by atoms with Gasteiger partial charge in [-0.2, -0.15) is 5.26 Å². The zero-order chi connectivity index (χ0) is 19.5. The minimum absolute atomic E-state index is 0.0674. The highest BCUT2D eigenvalue weighted by atomic mass is 32.2. The normalized spacial score (nSPS) is 10.7. The molecule has 28 heavy (non-hydrogen) atoms. The number of nitriles is 1. The van der Waals surface area contributed by atoms with Gasteiger partial charge in [0.25, 0.3) is 5.69 Å². The molecule has 0 amide bonds. The maximum absolute atomic E-state index is 11.3. The van der Waals surface area contributed by atoms with Crippen LogP contribution in [0.5, 0.6) is 0 Å². The first kappa shape index (κ1) is 17.7. The average molecular weight is 387 g/mol. The molecular formula is C20H13N5O2S. The van der Waals surface area contributed by atoms with E-state index >= 15 is 0 Å². The van der Waals surface area contributed by atoms with E-state index < -0.39 is 0 Å². The predicted octanol–water partition coefficient (Wildman–Crippen LogP) is 4.41. The van der Waals surface area contributed by atoms with Gasteiger partial charge >= 0.3 is 0 Å². The fraction of sp³-hybridized carbons (Fsp3) is 0.0500. The number of benzene rings is 2. The average Bonchev–Trinajstić information content (AvgIpc) is 3.05. The quantitative estimate of drug-likeness (QED) is 0.372. The van der Waals surface area contributed by atoms with Crippen LogP contribution < -0.4 is 0 Å². The van der Waals surface area contributed by atoms with Crippen LogP contribution in [0.15, 0.2) is 77.0 Å². The summed E-state index contributed by atoms with van der Waals surface area (Å²) in [6.45, 7) is 0.505. The fourth-order valence-electron chi connectivity index (χ4n) is 2.94. The lowest BCUT2D eigenvalue weighted by Crippen LogP contribution is -2.00. The first-order valence-electron chi connectivity index (χ1n) is 8.35. The summed E-state index contributed by atoms with van der Waals surface area (Å²) in [5.74, 6) is 0. The number of nitro benzene ring substituents is 1. The molecule has 0 saturated heterocycles. The maximum Gasteiger partial charge on any atom is 0.283 e. The van der Waals surface area contributed by atoms with Crippen molar-refractivity contribution < 1.29 is 4.92 Å². The highest BCUT2D eigenvalue weighted by Gasteiger charge is 2.17. The molecule has 0 radical (unpaired) electrons. The van der Waals surface area contributed by atoms with E-state index in [-0.39, 0.29) is 10.6 Å². The third-order valence-electron chi connectivity index (χ3n) is 4.23. The number of nitrogens with zero attached hydrogens (tertiary/aromatic N) is 5. The van der Waals surface area contributed by atoms with Crippen LogP contribution in [0.25, 0.3) is 10.9 Å². The van der Waals surface area contributed by atoms with Crippen molar-refractivity contribution in [2.45, 2.75) is 16.3 Å². The molecule has 0 atom stereocenters. The van der Waals surface area contributed by atoms with E-state index in [1.54, 1.807) is 30.5 Å². The standard InChI is InChI=1S/C20H13N5O2S/c21-10-14-5-6-16-18(9-14)24(11-15-7-8-22-13-23-15)12-20(16)28-19-4-2-1-3-17(19)25(26)27/h1-9,12-13H,11H2. The zero-order valence-electron chi connectivity index (χ0n) is 14.5. The van der Waals surface area contributed by atoms with Gasteiger partial charge in [0.15, 0.2) is 0 Å². The van der Waals surface area contributed by atoms with Crippen LogP contribution in [-0.4, -0.2) is 19.5 Å². The first-order valence-corrected chi connectivity index (χ1v) is 9.16. The van der Waals surface area contributed by atoms with Crippen LogP contribution in [0.2, 0.25) is 0 Å². The summed E-state index contributed by atoms with van der Waals surface area (Å²) in [4.78, 5) is 20.6. The third-order valence-corrected chi connectivity index (χ3v) is 5.34. The van der Waals surface area contributed by atoms with Crippen LogP contribution in [0, 0.1) is 21.4 Å². The van der Waals surface area contributed by atoms with Crippen molar-refractivity contribution in [2.75, 3.05) is 0 Å². The van der Waals surface area contributed by atoms with Crippen LogP contribution in [0.4, 0.5) is 5.69 Å².